The summed E-state index contributed by atoms with van der Waals surface area (Å²) in [6.45, 7) is 13.9. The second-order valence-electron chi connectivity index (χ2n) is 6.80. The minimum Gasteiger partial charge on any atom is -0.325 e. The van der Waals surface area contributed by atoms with E-state index in [9.17, 15) is 4.79 Å². The lowest BCUT2D eigenvalue weighted by Crippen LogP contribution is -2.41. The monoisotopic (exact) mass is 240 g/mol. The fraction of sp³-hybridized carbons (Fsp3) is 0.929. The summed E-state index contributed by atoms with van der Waals surface area (Å²) in [6, 6.07) is 0.0299. The van der Waals surface area contributed by atoms with Gasteiger partial charge < -0.3 is 4.90 Å². The first-order chi connectivity index (χ1) is 7.74. The normalized spacial score (nSPS) is 26.1. The number of hydrogen-bond acceptors (Lipinski definition) is 2. The number of nitrogens with zero attached hydrogens (tertiary/aromatic N) is 1. The first kappa shape index (κ1) is 14.5. The molecule has 1 N–H and O–H groups in total. The van der Waals surface area contributed by atoms with Gasteiger partial charge in [-0.2, -0.15) is 0 Å². The molecule has 2 atom stereocenters. The molecule has 1 saturated heterocycles. The summed E-state index contributed by atoms with van der Waals surface area (Å²) in [7, 11) is 0. The van der Waals surface area contributed by atoms with Crippen molar-refractivity contribution in [3.8, 4) is 0 Å². The van der Waals surface area contributed by atoms with Crippen molar-refractivity contribution in [2.24, 2.45) is 11.3 Å². The second kappa shape index (κ2) is 5.38. The summed E-state index contributed by atoms with van der Waals surface area (Å²) >= 11 is 0. The maximum Gasteiger partial charge on any atom is 0.241 e. The van der Waals surface area contributed by atoms with Crippen LogP contribution in [-0.2, 0) is 4.79 Å². The van der Waals surface area contributed by atoms with Crippen LogP contribution in [0.5, 0.6) is 0 Å². The van der Waals surface area contributed by atoms with Crippen LogP contribution in [0.25, 0.3) is 0 Å². The zero-order valence-electron chi connectivity index (χ0n) is 12.2. The van der Waals surface area contributed by atoms with Crippen LogP contribution < -0.4 is 5.32 Å². The van der Waals surface area contributed by atoms with E-state index in [0.29, 0.717) is 11.8 Å². The number of nitrogens with one attached hydrogen (secondary N) is 1. The molecule has 0 aromatic rings. The Morgan fingerprint density at radius 3 is 2.35 bits per heavy atom. The van der Waals surface area contributed by atoms with Crippen LogP contribution in [-0.4, -0.2) is 29.6 Å². The van der Waals surface area contributed by atoms with Gasteiger partial charge >= 0.3 is 0 Å². The topological polar surface area (TPSA) is 32.3 Å². The molecule has 1 amide bonds. The standard InChI is InChI=1S/C14H28N2O/c1-7-12-15-11(8-10(2)3)13(17)16(12)9-14(4,5)6/h10-12,15H,7-9H2,1-6H3. The van der Waals surface area contributed by atoms with Gasteiger partial charge in [-0.3, -0.25) is 10.1 Å². The highest BCUT2D eigenvalue weighted by atomic mass is 16.2. The van der Waals surface area contributed by atoms with Gasteiger partial charge in [0.2, 0.25) is 5.91 Å². The smallest absolute Gasteiger partial charge is 0.241 e. The zero-order valence-corrected chi connectivity index (χ0v) is 12.2. The average molecular weight is 240 g/mol. The van der Waals surface area contributed by atoms with E-state index in [1.54, 1.807) is 0 Å². The molecule has 100 valence electrons. The largest absolute Gasteiger partial charge is 0.325 e. The van der Waals surface area contributed by atoms with Crippen molar-refractivity contribution in [2.75, 3.05) is 6.54 Å². The Bertz CT molecular complexity index is 268. The molecule has 0 aliphatic carbocycles. The van der Waals surface area contributed by atoms with Gasteiger partial charge in [-0.05, 0) is 24.2 Å². The van der Waals surface area contributed by atoms with Crippen molar-refractivity contribution >= 4 is 5.91 Å². The Hall–Kier alpha value is -0.570. The van der Waals surface area contributed by atoms with Crippen molar-refractivity contribution in [2.45, 2.75) is 66.6 Å². The SMILES string of the molecule is CCC1NC(CC(C)C)C(=O)N1CC(C)(C)C. The highest BCUT2D eigenvalue weighted by Gasteiger charge is 2.39. The molecular weight excluding hydrogens is 212 g/mol. The summed E-state index contributed by atoms with van der Waals surface area (Å²) < 4.78 is 0. The zero-order chi connectivity index (χ0) is 13.2. The van der Waals surface area contributed by atoms with Gasteiger partial charge in [0.15, 0.2) is 0 Å². The number of carbonyl (C=O) groups is 1. The molecule has 2 unspecified atom stereocenters. The second-order valence-corrected chi connectivity index (χ2v) is 6.80. The molecule has 1 rings (SSSR count). The van der Waals surface area contributed by atoms with Gasteiger partial charge in [0.25, 0.3) is 0 Å². The van der Waals surface area contributed by atoms with Crippen LogP contribution in [0.2, 0.25) is 0 Å². The van der Waals surface area contributed by atoms with Crippen LogP contribution in [0.15, 0.2) is 0 Å². The Morgan fingerprint density at radius 2 is 1.94 bits per heavy atom. The lowest BCUT2D eigenvalue weighted by Gasteiger charge is -2.30. The molecule has 0 spiro atoms. The third-order valence-corrected chi connectivity index (χ3v) is 3.09. The van der Waals surface area contributed by atoms with Crippen LogP contribution in [0.1, 0.15) is 54.4 Å². The number of carbonyl (C=O) groups excluding carboxylic acids is 1. The van der Waals surface area contributed by atoms with Crippen molar-refractivity contribution < 1.29 is 4.79 Å². The van der Waals surface area contributed by atoms with E-state index >= 15 is 0 Å². The molecular formula is C14H28N2O. The van der Waals surface area contributed by atoms with E-state index in [1.165, 1.54) is 0 Å². The molecule has 1 aliphatic rings. The third-order valence-electron chi connectivity index (χ3n) is 3.09. The summed E-state index contributed by atoms with van der Waals surface area (Å²) in [5.41, 5.74) is 0.164. The average Bonchev–Trinajstić information content (AvgIpc) is 2.43. The minimum atomic E-state index is 0.0299. The molecule has 1 heterocycles. The van der Waals surface area contributed by atoms with Crippen LogP contribution in [0.3, 0.4) is 0 Å². The van der Waals surface area contributed by atoms with Crippen molar-refractivity contribution in [3.05, 3.63) is 0 Å². The van der Waals surface area contributed by atoms with Gasteiger partial charge in [0.1, 0.15) is 0 Å². The summed E-state index contributed by atoms with van der Waals surface area (Å²) in [6.07, 6.45) is 2.15. The molecule has 1 aliphatic heterocycles. The summed E-state index contributed by atoms with van der Waals surface area (Å²) in [5.74, 6) is 0.851. The van der Waals surface area contributed by atoms with Gasteiger partial charge in [-0.15, -0.1) is 0 Å². The first-order valence-corrected chi connectivity index (χ1v) is 6.81. The number of rotatable bonds is 4. The van der Waals surface area contributed by atoms with E-state index in [0.717, 1.165) is 19.4 Å². The molecule has 0 bridgehead atoms. The Morgan fingerprint density at radius 1 is 1.35 bits per heavy atom. The third kappa shape index (κ3) is 3.98. The van der Waals surface area contributed by atoms with E-state index in [4.69, 9.17) is 0 Å². The highest BCUT2D eigenvalue weighted by molar-refractivity contribution is 5.84. The highest BCUT2D eigenvalue weighted by Crippen LogP contribution is 2.24. The van der Waals surface area contributed by atoms with Crippen molar-refractivity contribution in [3.63, 3.8) is 0 Å². The molecule has 0 aromatic carbocycles. The fourth-order valence-electron chi connectivity index (χ4n) is 2.42. The number of hydrogen-bond donors (Lipinski definition) is 1. The van der Waals surface area contributed by atoms with Crippen LogP contribution in [0, 0.1) is 11.3 Å². The molecule has 3 nitrogen and oxygen atoms in total. The molecule has 0 saturated carbocycles. The predicted molar refractivity (Wildman–Crippen MR) is 71.6 cm³/mol. The first-order valence-electron chi connectivity index (χ1n) is 6.81. The summed E-state index contributed by atoms with van der Waals surface area (Å²) in [5, 5.41) is 3.47. The molecule has 3 heteroatoms. The maximum absolute atomic E-state index is 12.4. The van der Waals surface area contributed by atoms with Gasteiger partial charge in [0.05, 0.1) is 12.2 Å². The Kier molecular flexibility index (Phi) is 4.59. The van der Waals surface area contributed by atoms with Gasteiger partial charge in [-0.1, -0.05) is 41.5 Å². The van der Waals surface area contributed by atoms with E-state index in [1.807, 2.05) is 4.90 Å². The molecule has 0 radical (unpaired) electrons. The van der Waals surface area contributed by atoms with Crippen molar-refractivity contribution in [1.82, 2.24) is 10.2 Å². The maximum atomic E-state index is 12.4. The lowest BCUT2D eigenvalue weighted by atomic mass is 9.95. The van der Waals surface area contributed by atoms with Crippen LogP contribution in [0.4, 0.5) is 0 Å². The number of amides is 1. The minimum absolute atomic E-state index is 0.0299. The Balaban J connectivity index is 2.72. The van der Waals surface area contributed by atoms with Gasteiger partial charge in [-0.25, -0.2) is 0 Å². The van der Waals surface area contributed by atoms with E-state index < -0.39 is 0 Å². The molecule has 17 heavy (non-hydrogen) atoms. The summed E-state index contributed by atoms with van der Waals surface area (Å²) in [4.78, 5) is 14.4. The van der Waals surface area contributed by atoms with E-state index in [2.05, 4.69) is 46.9 Å². The quantitative estimate of drug-likeness (QED) is 0.819. The Labute approximate surface area is 106 Å². The van der Waals surface area contributed by atoms with Gasteiger partial charge in [0, 0.05) is 6.54 Å². The molecule has 1 fully saturated rings. The lowest BCUT2D eigenvalue weighted by molar-refractivity contribution is -0.131. The van der Waals surface area contributed by atoms with Crippen LogP contribution >= 0.6 is 0 Å². The fourth-order valence-corrected chi connectivity index (χ4v) is 2.42. The predicted octanol–water partition coefficient (Wildman–Crippen LogP) is 2.62. The molecule has 0 aromatic heterocycles. The van der Waals surface area contributed by atoms with E-state index in [-0.39, 0.29) is 17.6 Å². The van der Waals surface area contributed by atoms with Crippen molar-refractivity contribution in [1.29, 1.82) is 0 Å².